The van der Waals surface area contributed by atoms with Crippen LogP contribution in [0.1, 0.15) is 11.3 Å². The van der Waals surface area contributed by atoms with Crippen LogP contribution in [0.4, 0.5) is 16.3 Å². The Morgan fingerprint density at radius 3 is 2.74 bits per heavy atom. The summed E-state index contributed by atoms with van der Waals surface area (Å²) >= 11 is 6.11. The van der Waals surface area contributed by atoms with Gasteiger partial charge in [-0.05, 0) is 37.6 Å². The topological polar surface area (TPSA) is 96.8 Å². The molecular formula is C18H20ClN7O. The molecular weight excluding hydrogens is 366 g/mol. The van der Waals surface area contributed by atoms with E-state index in [1.807, 2.05) is 32.2 Å². The van der Waals surface area contributed by atoms with Crippen LogP contribution in [0.2, 0.25) is 5.02 Å². The molecule has 1 aromatic carbocycles. The first-order valence-corrected chi connectivity index (χ1v) is 8.78. The zero-order valence-corrected chi connectivity index (χ0v) is 15.8. The van der Waals surface area contributed by atoms with Gasteiger partial charge >= 0.3 is 6.03 Å². The standard InChI is InChI=1S/C18H20ClN7O/c1-12-3-4-15(14(19)9-12)24-18(27)21-7-6-20-16-10-17(23-11-22-16)26-8-5-13(2)25-26/h3-5,8-11H,6-7H2,1-2H3,(H,20,22,23)(H2,21,24,27). The molecule has 0 saturated heterocycles. The Balaban J connectivity index is 1.46. The average Bonchev–Trinajstić information content (AvgIpc) is 3.08. The number of hydrogen-bond acceptors (Lipinski definition) is 5. The summed E-state index contributed by atoms with van der Waals surface area (Å²) in [6.07, 6.45) is 3.30. The molecule has 0 bridgehead atoms. The monoisotopic (exact) mass is 385 g/mol. The van der Waals surface area contributed by atoms with Crippen molar-refractivity contribution in [1.82, 2.24) is 25.1 Å². The number of hydrogen-bond donors (Lipinski definition) is 3. The molecule has 3 N–H and O–H groups in total. The van der Waals surface area contributed by atoms with E-state index in [4.69, 9.17) is 11.6 Å². The lowest BCUT2D eigenvalue weighted by molar-refractivity contribution is 0.252. The maximum absolute atomic E-state index is 12.0. The van der Waals surface area contributed by atoms with Gasteiger partial charge < -0.3 is 16.0 Å². The first-order chi connectivity index (χ1) is 13.0. The molecule has 0 aliphatic rings. The lowest BCUT2D eigenvalue weighted by atomic mass is 10.2. The average molecular weight is 386 g/mol. The van der Waals surface area contributed by atoms with Crippen LogP contribution < -0.4 is 16.0 Å². The molecule has 0 aliphatic carbocycles. The zero-order chi connectivity index (χ0) is 19.2. The van der Waals surface area contributed by atoms with Crippen molar-refractivity contribution in [2.45, 2.75) is 13.8 Å². The van der Waals surface area contributed by atoms with Gasteiger partial charge in [-0.1, -0.05) is 17.7 Å². The summed E-state index contributed by atoms with van der Waals surface area (Å²) in [7, 11) is 0. The second kappa shape index (κ2) is 8.50. The molecule has 3 aromatic rings. The van der Waals surface area contributed by atoms with E-state index in [0.717, 1.165) is 11.3 Å². The Morgan fingerprint density at radius 1 is 1.15 bits per heavy atom. The fourth-order valence-electron chi connectivity index (χ4n) is 2.37. The predicted molar refractivity (Wildman–Crippen MR) is 106 cm³/mol. The smallest absolute Gasteiger partial charge is 0.319 e. The van der Waals surface area contributed by atoms with Gasteiger partial charge in [-0.2, -0.15) is 5.10 Å². The molecule has 0 atom stereocenters. The number of rotatable bonds is 6. The van der Waals surface area contributed by atoms with Gasteiger partial charge in [-0.25, -0.2) is 19.4 Å². The summed E-state index contributed by atoms with van der Waals surface area (Å²) in [5, 5.41) is 13.4. The van der Waals surface area contributed by atoms with Crippen LogP contribution >= 0.6 is 11.6 Å². The molecule has 27 heavy (non-hydrogen) atoms. The number of amides is 2. The molecule has 0 saturated carbocycles. The number of nitrogens with zero attached hydrogens (tertiary/aromatic N) is 4. The number of carbonyl (C=O) groups excluding carboxylic acids is 1. The molecule has 0 spiro atoms. The number of benzene rings is 1. The van der Waals surface area contributed by atoms with Gasteiger partial charge in [-0.3, -0.25) is 0 Å². The highest BCUT2D eigenvalue weighted by Crippen LogP contribution is 2.22. The van der Waals surface area contributed by atoms with Gasteiger partial charge in [0.05, 0.1) is 16.4 Å². The summed E-state index contributed by atoms with van der Waals surface area (Å²) in [5.41, 5.74) is 2.51. The first kappa shape index (κ1) is 18.7. The number of carbonyl (C=O) groups is 1. The Bertz CT molecular complexity index is 941. The van der Waals surface area contributed by atoms with E-state index >= 15 is 0 Å². The molecule has 0 radical (unpaired) electrons. The number of nitrogens with one attached hydrogen (secondary N) is 3. The Morgan fingerprint density at radius 2 is 2.00 bits per heavy atom. The molecule has 9 heteroatoms. The summed E-state index contributed by atoms with van der Waals surface area (Å²) in [6.45, 7) is 4.77. The lowest BCUT2D eigenvalue weighted by Crippen LogP contribution is -2.32. The Hall–Kier alpha value is -3.13. The molecule has 2 heterocycles. The third kappa shape index (κ3) is 5.18. The van der Waals surface area contributed by atoms with Gasteiger partial charge in [0.1, 0.15) is 12.1 Å². The minimum atomic E-state index is -0.321. The largest absolute Gasteiger partial charge is 0.368 e. The van der Waals surface area contributed by atoms with E-state index in [2.05, 4.69) is 31.0 Å². The maximum Gasteiger partial charge on any atom is 0.319 e. The van der Waals surface area contributed by atoms with E-state index in [1.165, 1.54) is 6.33 Å². The van der Waals surface area contributed by atoms with Gasteiger partial charge in [0.25, 0.3) is 0 Å². The van der Waals surface area contributed by atoms with Crippen LogP contribution in [0.5, 0.6) is 0 Å². The van der Waals surface area contributed by atoms with Crippen molar-refractivity contribution in [2.24, 2.45) is 0 Å². The zero-order valence-electron chi connectivity index (χ0n) is 15.0. The van der Waals surface area contributed by atoms with Crippen molar-refractivity contribution < 1.29 is 4.79 Å². The number of anilines is 2. The lowest BCUT2D eigenvalue weighted by Gasteiger charge is -2.10. The highest BCUT2D eigenvalue weighted by molar-refractivity contribution is 6.33. The van der Waals surface area contributed by atoms with Crippen LogP contribution in [0, 0.1) is 13.8 Å². The number of halogens is 1. The summed E-state index contributed by atoms with van der Waals surface area (Å²) in [5.74, 6) is 1.32. The molecule has 0 fully saturated rings. The second-order valence-electron chi connectivity index (χ2n) is 5.95. The van der Waals surface area contributed by atoms with Crippen LogP contribution in [-0.4, -0.2) is 38.9 Å². The molecule has 0 aliphatic heterocycles. The maximum atomic E-state index is 12.0. The predicted octanol–water partition coefficient (Wildman–Crippen LogP) is 3.17. The summed E-state index contributed by atoms with van der Waals surface area (Å²) < 4.78 is 1.68. The number of urea groups is 1. The van der Waals surface area contributed by atoms with Gasteiger partial charge in [0.15, 0.2) is 5.82 Å². The van der Waals surface area contributed by atoms with E-state index in [0.29, 0.717) is 35.4 Å². The van der Waals surface area contributed by atoms with Crippen LogP contribution in [0.15, 0.2) is 42.9 Å². The van der Waals surface area contributed by atoms with Crippen LogP contribution in [-0.2, 0) is 0 Å². The second-order valence-corrected chi connectivity index (χ2v) is 6.36. The number of aromatic nitrogens is 4. The van der Waals surface area contributed by atoms with Gasteiger partial charge in [0, 0.05) is 25.4 Å². The molecule has 2 amide bonds. The van der Waals surface area contributed by atoms with E-state index < -0.39 is 0 Å². The minimum Gasteiger partial charge on any atom is -0.368 e. The third-order valence-corrected chi connectivity index (χ3v) is 4.01. The number of aryl methyl sites for hydroxylation is 2. The SMILES string of the molecule is Cc1ccc(NC(=O)NCCNc2cc(-n3ccc(C)n3)ncn2)c(Cl)c1. The quantitative estimate of drug-likeness (QED) is 0.566. The first-order valence-electron chi connectivity index (χ1n) is 8.41. The van der Waals surface area contributed by atoms with Crippen molar-refractivity contribution in [3.8, 4) is 5.82 Å². The highest BCUT2D eigenvalue weighted by Gasteiger charge is 2.06. The van der Waals surface area contributed by atoms with Crippen molar-refractivity contribution in [3.05, 3.63) is 59.1 Å². The van der Waals surface area contributed by atoms with Crippen molar-refractivity contribution in [2.75, 3.05) is 23.7 Å². The highest BCUT2D eigenvalue weighted by atomic mass is 35.5. The van der Waals surface area contributed by atoms with Crippen molar-refractivity contribution in [1.29, 1.82) is 0 Å². The third-order valence-electron chi connectivity index (χ3n) is 3.70. The van der Waals surface area contributed by atoms with Crippen molar-refractivity contribution in [3.63, 3.8) is 0 Å². The minimum absolute atomic E-state index is 0.321. The van der Waals surface area contributed by atoms with E-state index in [-0.39, 0.29) is 6.03 Å². The normalized spacial score (nSPS) is 10.5. The molecule has 3 rings (SSSR count). The fraction of sp³-hybridized carbons (Fsp3) is 0.222. The van der Waals surface area contributed by atoms with Crippen molar-refractivity contribution >= 4 is 29.1 Å². The molecule has 8 nitrogen and oxygen atoms in total. The molecule has 0 unspecified atom stereocenters. The van der Waals surface area contributed by atoms with Crippen LogP contribution in [0.3, 0.4) is 0 Å². The Labute approximate surface area is 162 Å². The molecule has 140 valence electrons. The van der Waals surface area contributed by atoms with E-state index in [9.17, 15) is 4.79 Å². The molecule has 2 aromatic heterocycles. The van der Waals surface area contributed by atoms with Crippen LogP contribution in [0.25, 0.3) is 5.82 Å². The fourth-order valence-corrected chi connectivity index (χ4v) is 2.65. The summed E-state index contributed by atoms with van der Waals surface area (Å²) in [4.78, 5) is 20.3. The van der Waals surface area contributed by atoms with Gasteiger partial charge in [0.2, 0.25) is 0 Å². The van der Waals surface area contributed by atoms with E-state index in [1.54, 1.807) is 22.9 Å². The summed E-state index contributed by atoms with van der Waals surface area (Å²) in [6, 6.07) is 8.83. The Kier molecular flexibility index (Phi) is 5.87. The van der Waals surface area contributed by atoms with Gasteiger partial charge in [-0.15, -0.1) is 0 Å².